The third-order valence-corrected chi connectivity index (χ3v) is 2.40. The quantitative estimate of drug-likeness (QED) is 0.566. The van der Waals surface area contributed by atoms with Crippen molar-refractivity contribution >= 4 is 17.6 Å². The number of carbonyl (C=O) groups is 1. The lowest BCUT2D eigenvalue weighted by molar-refractivity contribution is 0.0435. The van der Waals surface area contributed by atoms with Crippen molar-refractivity contribution in [1.82, 2.24) is 0 Å². The first-order valence-electron chi connectivity index (χ1n) is 5.29. The molecule has 0 saturated carbocycles. The van der Waals surface area contributed by atoms with E-state index in [2.05, 4.69) is 4.74 Å². The Morgan fingerprint density at radius 3 is 2.16 bits per heavy atom. The van der Waals surface area contributed by atoms with Crippen LogP contribution in [0.3, 0.4) is 0 Å². The Morgan fingerprint density at radius 1 is 1.05 bits per heavy atom. The highest BCUT2D eigenvalue weighted by Gasteiger charge is 2.17. The van der Waals surface area contributed by atoms with Gasteiger partial charge in [-0.3, -0.25) is 0 Å². The lowest BCUT2D eigenvalue weighted by Crippen LogP contribution is -2.09. The van der Waals surface area contributed by atoms with E-state index in [1.165, 1.54) is 33.5 Å². The average molecular weight is 291 g/mol. The van der Waals surface area contributed by atoms with E-state index in [9.17, 15) is 4.79 Å². The van der Waals surface area contributed by atoms with Crippen molar-refractivity contribution in [1.29, 1.82) is 0 Å². The van der Waals surface area contributed by atoms with Crippen molar-refractivity contribution in [3.05, 3.63) is 22.7 Å². The molecule has 0 bridgehead atoms. The molecule has 0 fully saturated rings. The Hall–Kier alpha value is -1.50. The Morgan fingerprint density at radius 2 is 1.63 bits per heavy atom. The number of hydrogen-bond acceptors (Lipinski definition) is 6. The van der Waals surface area contributed by atoms with Crippen LogP contribution in [0.5, 0.6) is 11.5 Å². The molecule has 0 saturated heterocycles. The minimum atomic E-state index is -0.564. The van der Waals surface area contributed by atoms with Crippen LogP contribution in [-0.2, 0) is 14.2 Å². The molecule has 106 valence electrons. The fourth-order valence-corrected chi connectivity index (χ4v) is 1.50. The Bertz CT molecular complexity index is 434. The highest BCUT2D eigenvalue weighted by atomic mass is 35.5. The van der Waals surface area contributed by atoms with E-state index in [4.69, 9.17) is 30.5 Å². The number of esters is 1. The summed E-state index contributed by atoms with van der Waals surface area (Å²) >= 11 is 6.00. The highest BCUT2D eigenvalue weighted by Crippen LogP contribution is 2.33. The van der Waals surface area contributed by atoms with Gasteiger partial charge in [-0.05, 0) is 6.07 Å². The van der Waals surface area contributed by atoms with E-state index in [-0.39, 0.29) is 29.9 Å². The molecule has 0 aliphatic carbocycles. The summed E-state index contributed by atoms with van der Waals surface area (Å²) in [5.41, 5.74) is 0.189. The maximum Gasteiger partial charge on any atom is 0.341 e. The van der Waals surface area contributed by atoms with Crippen molar-refractivity contribution in [2.24, 2.45) is 0 Å². The molecule has 0 spiro atoms. The van der Waals surface area contributed by atoms with Gasteiger partial charge in [0.25, 0.3) is 0 Å². The van der Waals surface area contributed by atoms with E-state index >= 15 is 0 Å². The maximum atomic E-state index is 11.6. The summed E-state index contributed by atoms with van der Waals surface area (Å²) in [7, 11) is 4.22. The minimum Gasteiger partial charge on any atom is -0.467 e. The molecule has 6 nitrogen and oxygen atoms in total. The van der Waals surface area contributed by atoms with Crippen molar-refractivity contribution in [2.45, 2.75) is 0 Å². The lowest BCUT2D eigenvalue weighted by atomic mass is 10.2. The molecule has 0 atom stereocenters. The van der Waals surface area contributed by atoms with Gasteiger partial charge in [0.05, 0.1) is 12.1 Å². The minimum absolute atomic E-state index is 0.0185. The second-order valence-corrected chi connectivity index (χ2v) is 3.78. The lowest BCUT2D eigenvalue weighted by Gasteiger charge is -2.13. The summed E-state index contributed by atoms with van der Waals surface area (Å²) in [5.74, 6) is 0.0257. The van der Waals surface area contributed by atoms with Crippen LogP contribution in [0.25, 0.3) is 0 Å². The van der Waals surface area contributed by atoms with Gasteiger partial charge < -0.3 is 23.7 Å². The third-order valence-electron chi connectivity index (χ3n) is 2.10. The zero-order valence-electron chi connectivity index (χ0n) is 10.9. The van der Waals surface area contributed by atoms with Gasteiger partial charge in [-0.1, -0.05) is 11.6 Å². The normalized spacial score (nSPS) is 10.1. The molecule has 0 aliphatic heterocycles. The van der Waals surface area contributed by atoms with Crippen LogP contribution in [0.15, 0.2) is 12.1 Å². The number of carbonyl (C=O) groups excluding carboxylic acids is 1. The molecular formula is C12H15ClO6. The van der Waals surface area contributed by atoms with Gasteiger partial charge >= 0.3 is 5.97 Å². The number of hydrogen-bond donors (Lipinski definition) is 0. The summed E-state index contributed by atoms with van der Waals surface area (Å²) in [6.45, 7) is 0.0103. The van der Waals surface area contributed by atoms with Crippen LogP contribution in [0.2, 0.25) is 5.02 Å². The van der Waals surface area contributed by atoms with Crippen LogP contribution in [0.1, 0.15) is 10.4 Å². The summed E-state index contributed by atoms with van der Waals surface area (Å²) in [6.07, 6.45) is 0. The van der Waals surface area contributed by atoms with Crippen LogP contribution < -0.4 is 9.47 Å². The van der Waals surface area contributed by atoms with Crippen LogP contribution in [-0.4, -0.2) is 40.9 Å². The van der Waals surface area contributed by atoms with Crippen LogP contribution in [0, 0.1) is 0 Å². The Kier molecular flexibility index (Phi) is 6.41. The first-order valence-corrected chi connectivity index (χ1v) is 5.67. The molecule has 0 unspecified atom stereocenters. The van der Waals surface area contributed by atoms with Crippen molar-refractivity contribution in [3.63, 3.8) is 0 Å². The Balaban J connectivity index is 3.08. The van der Waals surface area contributed by atoms with E-state index in [1.54, 1.807) is 0 Å². The van der Waals surface area contributed by atoms with Gasteiger partial charge in [0.1, 0.15) is 17.1 Å². The summed E-state index contributed by atoms with van der Waals surface area (Å²) in [5, 5.41) is 0.252. The molecule has 0 aromatic heterocycles. The maximum absolute atomic E-state index is 11.6. The van der Waals surface area contributed by atoms with E-state index in [0.29, 0.717) is 5.75 Å². The highest BCUT2D eigenvalue weighted by molar-refractivity contribution is 6.32. The zero-order chi connectivity index (χ0) is 14.3. The largest absolute Gasteiger partial charge is 0.467 e. The molecule has 1 rings (SSSR count). The van der Waals surface area contributed by atoms with Crippen LogP contribution >= 0.6 is 11.6 Å². The number of benzene rings is 1. The summed E-state index contributed by atoms with van der Waals surface area (Å²) < 4.78 is 24.8. The van der Waals surface area contributed by atoms with Gasteiger partial charge in [-0.25, -0.2) is 4.79 Å². The molecule has 7 heteroatoms. The average Bonchev–Trinajstić information content (AvgIpc) is 2.43. The number of ether oxygens (including phenoxy) is 5. The molecule has 0 radical (unpaired) electrons. The predicted octanol–water partition coefficient (Wildman–Crippen LogP) is 2.09. The molecule has 0 heterocycles. The molecule has 0 aliphatic rings. The Labute approximate surface area is 116 Å². The smallest absolute Gasteiger partial charge is 0.341 e. The molecule has 0 amide bonds. The van der Waals surface area contributed by atoms with E-state index in [0.717, 1.165) is 0 Å². The second kappa shape index (κ2) is 7.83. The SMILES string of the molecule is COCOc1cc(OCOC)c(C(=O)OC)cc1Cl. The molecule has 1 aromatic rings. The number of rotatable bonds is 7. The topological polar surface area (TPSA) is 63.2 Å². The van der Waals surface area contributed by atoms with Gasteiger partial charge in [0.2, 0.25) is 0 Å². The summed E-state index contributed by atoms with van der Waals surface area (Å²) in [4.78, 5) is 11.6. The second-order valence-electron chi connectivity index (χ2n) is 3.37. The number of methoxy groups -OCH3 is 3. The van der Waals surface area contributed by atoms with Crippen molar-refractivity contribution in [3.8, 4) is 11.5 Å². The number of halogens is 1. The van der Waals surface area contributed by atoms with Gasteiger partial charge in [0, 0.05) is 20.3 Å². The fourth-order valence-electron chi connectivity index (χ4n) is 1.28. The van der Waals surface area contributed by atoms with Crippen molar-refractivity contribution in [2.75, 3.05) is 34.9 Å². The first-order chi connectivity index (χ1) is 9.13. The molecular weight excluding hydrogens is 276 g/mol. The van der Waals surface area contributed by atoms with E-state index < -0.39 is 5.97 Å². The van der Waals surface area contributed by atoms with Crippen molar-refractivity contribution < 1.29 is 28.5 Å². The monoisotopic (exact) mass is 290 g/mol. The zero-order valence-corrected chi connectivity index (χ0v) is 11.7. The fraction of sp³-hybridized carbons (Fsp3) is 0.417. The third kappa shape index (κ3) is 4.27. The van der Waals surface area contributed by atoms with E-state index in [1.807, 2.05) is 0 Å². The molecule has 19 heavy (non-hydrogen) atoms. The van der Waals surface area contributed by atoms with Gasteiger partial charge in [-0.2, -0.15) is 0 Å². The molecule has 1 aromatic carbocycles. The van der Waals surface area contributed by atoms with Gasteiger partial charge in [-0.15, -0.1) is 0 Å². The molecule has 0 N–H and O–H groups in total. The summed E-state index contributed by atoms with van der Waals surface area (Å²) in [6, 6.07) is 2.88. The predicted molar refractivity (Wildman–Crippen MR) is 67.8 cm³/mol. The van der Waals surface area contributed by atoms with Crippen LogP contribution in [0.4, 0.5) is 0 Å². The first kappa shape index (κ1) is 15.6. The standard InChI is InChI=1S/C12H15ClO6/c1-15-6-18-10-5-11(19-7-16-2)9(13)4-8(10)12(14)17-3/h4-5H,6-7H2,1-3H3. The van der Waals surface area contributed by atoms with Gasteiger partial charge in [0.15, 0.2) is 13.6 Å².